The highest BCUT2D eigenvalue weighted by atomic mass is 16.4. The number of hydrogen-bond acceptors (Lipinski definition) is 2. The van der Waals surface area contributed by atoms with Gasteiger partial charge in [-0.15, -0.1) is 0 Å². The van der Waals surface area contributed by atoms with E-state index in [0.29, 0.717) is 12.5 Å². The van der Waals surface area contributed by atoms with Crippen LogP contribution in [0.15, 0.2) is 0 Å². The van der Waals surface area contributed by atoms with Crippen LogP contribution in [-0.2, 0) is 4.79 Å². The maximum absolute atomic E-state index is 10.6. The maximum Gasteiger partial charge on any atom is 0.303 e. The lowest BCUT2D eigenvalue weighted by atomic mass is 9.90. The van der Waals surface area contributed by atoms with Crippen molar-refractivity contribution >= 4 is 5.97 Å². The summed E-state index contributed by atoms with van der Waals surface area (Å²) in [5.74, 6) is 0.0229. The van der Waals surface area contributed by atoms with E-state index in [9.17, 15) is 4.79 Å². The Labute approximate surface area is 93.0 Å². The van der Waals surface area contributed by atoms with Crippen LogP contribution < -0.4 is 5.73 Å². The third-order valence-corrected chi connectivity index (χ3v) is 2.83. The number of unbranched alkanes of at least 4 members (excludes halogenated alkanes) is 2. The Morgan fingerprint density at radius 3 is 2.53 bits per heavy atom. The highest BCUT2D eigenvalue weighted by molar-refractivity contribution is 5.67. The van der Waals surface area contributed by atoms with Crippen molar-refractivity contribution < 1.29 is 9.90 Å². The Morgan fingerprint density at radius 1 is 1.40 bits per heavy atom. The first kappa shape index (κ1) is 14.4. The molecule has 90 valence electrons. The number of carboxylic acid groups (broad SMARTS) is 1. The van der Waals surface area contributed by atoms with Crippen LogP contribution >= 0.6 is 0 Å². The van der Waals surface area contributed by atoms with Gasteiger partial charge in [-0.1, -0.05) is 39.5 Å². The van der Waals surface area contributed by atoms with Gasteiger partial charge in [-0.25, -0.2) is 0 Å². The highest BCUT2D eigenvalue weighted by Gasteiger charge is 2.14. The molecule has 2 atom stereocenters. The lowest BCUT2D eigenvalue weighted by Gasteiger charge is -2.17. The normalized spacial score (nSPS) is 14.9. The van der Waals surface area contributed by atoms with Crippen molar-refractivity contribution in [2.24, 2.45) is 17.6 Å². The van der Waals surface area contributed by atoms with Crippen molar-refractivity contribution in [2.45, 2.75) is 52.4 Å². The van der Waals surface area contributed by atoms with Crippen LogP contribution in [-0.4, -0.2) is 17.6 Å². The van der Waals surface area contributed by atoms with Crippen LogP contribution in [0.1, 0.15) is 52.4 Å². The first-order valence-corrected chi connectivity index (χ1v) is 6.02. The first-order valence-electron chi connectivity index (χ1n) is 6.02. The summed E-state index contributed by atoms with van der Waals surface area (Å²) in [7, 11) is 0. The SMILES string of the molecule is CCCCC[C@H](C)C[C@H](CN)CC(=O)O. The summed E-state index contributed by atoms with van der Waals surface area (Å²) >= 11 is 0. The van der Waals surface area contributed by atoms with Gasteiger partial charge in [-0.3, -0.25) is 4.79 Å². The van der Waals surface area contributed by atoms with Crippen LogP contribution in [0.5, 0.6) is 0 Å². The molecule has 0 fully saturated rings. The minimum atomic E-state index is -0.730. The molecule has 0 amide bonds. The summed E-state index contributed by atoms with van der Waals surface area (Å²) in [4.78, 5) is 10.6. The molecule has 0 saturated heterocycles. The summed E-state index contributed by atoms with van der Waals surface area (Å²) in [5.41, 5.74) is 5.56. The fraction of sp³-hybridized carbons (Fsp3) is 0.917. The molecule has 0 rings (SSSR count). The van der Waals surface area contributed by atoms with Crippen LogP contribution in [0.2, 0.25) is 0 Å². The van der Waals surface area contributed by atoms with Crippen molar-refractivity contribution in [1.82, 2.24) is 0 Å². The molecule has 0 aliphatic rings. The standard InChI is InChI=1S/C12H25NO2/c1-3-4-5-6-10(2)7-11(9-13)8-12(14)15/h10-11H,3-9,13H2,1-2H3,(H,14,15)/t10-,11-/m0/s1. The van der Waals surface area contributed by atoms with Gasteiger partial charge < -0.3 is 10.8 Å². The van der Waals surface area contributed by atoms with Crippen molar-refractivity contribution in [3.05, 3.63) is 0 Å². The van der Waals surface area contributed by atoms with Gasteiger partial charge in [-0.05, 0) is 24.8 Å². The van der Waals surface area contributed by atoms with E-state index < -0.39 is 5.97 Å². The zero-order chi connectivity index (χ0) is 11.7. The van der Waals surface area contributed by atoms with Gasteiger partial charge in [0.2, 0.25) is 0 Å². The minimum absolute atomic E-state index is 0.152. The van der Waals surface area contributed by atoms with Gasteiger partial charge >= 0.3 is 5.97 Å². The van der Waals surface area contributed by atoms with E-state index >= 15 is 0 Å². The summed E-state index contributed by atoms with van der Waals surface area (Å²) in [6.07, 6.45) is 6.13. The van der Waals surface area contributed by atoms with E-state index in [1.165, 1.54) is 25.7 Å². The number of aliphatic carboxylic acids is 1. The fourth-order valence-electron chi connectivity index (χ4n) is 1.94. The third kappa shape index (κ3) is 8.43. The molecule has 15 heavy (non-hydrogen) atoms. The molecule has 0 spiro atoms. The van der Waals surface area contributed by atoms with Crippen LogP contribution in [0.4, 0.5) is 0 Å². The van der Waals surface area contributed by atoms with Gasteiger partial charge in [0.15, 0.2) is 0 Å². The molecule has 3 heteroatoms. The molecule has 0 aromatic heterocycles. The van der Waals surface area contributed by atoms with Gasteiger partial charge in [0.1, 0.15) is 0 Å². The summed E-state index contributed by atoms with van der Waals surface area (Å²) in [5, 5.41) is 8.69. The molecule has 0 unspecified atom stereocenters. The third-order valence-electron chi connectivity index (χ3n) is 2.83. The summed E-state index contributed by atoms with van der Waals surface area (Å²) in [6, 6.07) is 0. The number of rotatable bonds is 9. The predicted octanol–water partition coefficient (Wildman–Crippen LogP) is 2.64. The highest BCUT2D eigenvalue weighted by Crippen LogP contribution is 2.20. The molecule has 3 nitrogen and oxygen atoms in total. The molecule has 3 N–H and O–H groups in total. The second-order valence-corrected chi connectivity index (χ2v) is 4.54. The largest absolute Gasteiger partial charge is 0.481 e. The molecule has 0 heterocycles. The Balaban J connectivity index is 3.69. The quantitative estimate of drug-likeness (QED) is 0.581. The Kier molecular flexibility index (Phi) is 8.38. The number of hydrogen-bond donors (Lipinski definition) is 2. The van der Waals surface area contributed by atoms with Crippen molar-refractivity contribution in [1.29, 1.82) is 0 Å². The molecule has 0 aromatic rings. The molecule has 0 radical (unpaired) electrons. The molecule has 0 aliphatic carbocycles. The lowest BCUT2D eigenvalue weighted by Crippen LogP contribution is -2.20. The maximum atomic E-state index is 10.6. The zero-order valence-corrected chi connectivity index (χ0v) is 10.0. The summed E-state index contributed by atoms with van der Waals surface area (Å²) in [6.45, 7) is 4.88. The van der Waals surface area contributed by atoms with Crippen LogP contribution in [0.3, 0.4) is 0 Å². The van der Waals surface area contributed by atoms with Crippen molar-refractivity contribution in [3.63, 3.8) is 0 Å². The number of carboxylic acids is 1. The van der Waals surface area contributed by atoms with Gasteiger partial charge in [0.05, 0.1) is 0 Å². The van der Waals surface area contributed by atoms with Crippen LogP contribution in [0.25, 0.3) is 0 Å². The topological polar surface area (TPSA) is 63.3 Å². The Hall–Kier alpha value is -0.570. The predicted molar refractivity (Wildman–Crippen MR) is 62.7 cm³/mol. The Bertz CT molecular complexity index is 171. The first-order chi connectivity index (χ1) is 7.10. The molecular formula is C12H25NO2. The van der Waals surface area contributed by atoms with Gasteiger partial charge in [0, 0.05) is 6.42 Å². The summed E-state index contributed by atoms with van der Waals surface area (Å²) < 4.78 is 0. The van der Waals surface area contributed by atoms with E-state index in [1.807, 2.05) is 0 Å². The fourth-order valence-corrected chi connectivity index (χ4v) is 1.94. The van der Waals surface area contributed by atoms with E-state index in [-0.39, 0.29) is 12.3 Å². The van der Waals surface area contributed by atoms with E-state index in [1.54, 1.807) is 0 Å². The minimum Gasteiger partial charge on any atom is -0.481 e. The zero-order valence-electron chi connectivity index (χ0n) is 10.0. The second kappa shape index (κ2) is 8.72. The van der Waals surface area contributed by atoms with Crippen molar-refractivity contribution in [2.75, 3.05) is 6.54 Å². The average Bonchev–Trinajstić information content (AvgIpc) is 2.16. The molecular weight excluding hydrogens is 190 g/mol. The van der Waals surface area contributed by atoms with E-state index in [4.69, 9.17) is 10.8 Å². The lowest BCUT2D eigenvalue weighted by molar-refractivity contribution is -0.138. The van der Waals surface area contributed by atoms with Gasteiger partial charge in [-0.2, -0.15) is 0 Å². The second-order valence-electron chi connectivity index (χ2n) is 4.54. The number of carbonyl (C=O) groups is 1. The molecule has 0 bridgehead atoms. The van der Waals surface area contributed by atoms with Crippen LogP contribution in [0, 0.1) is 11.8 Å². The smallest absolute Gasteiger partial charge is 0.303 e. The molecule has 0 aromatic carbocycles. The number of nitrogens with two attached hydrogens (primary N) is 1. The molecule has 0 saturated carbocycles. The van der Waals surface area contributed by atoms with E-state index in [2.05, 4.69) is 13.8 Å². The van der Waals surface area contributed by atoms with Gasteiger partial charge in [0.25, 0.3) is 0 Å². The monoisotopic (exact) mass is 215 g/mol. The van der Waals surface area contributed by atoms with E-state index in [0.717, 1.165) is 6.42 Å². The van der Waals surface area contributed by atoms with Crippen molar-refractivity contribution in [3.8, 4) is 0 Å². The average molecular weight is 215 g/mol. The molecule has 0 aliphatic heterocycles. The Morgan fingerprint density at radius 2 is 2.07 bits per heavy atom.